The number of carbonyl (C=O) groups is 2. The molecule has 5 nitrogen and oxygen atoms in total. The number of ether oxygens (including phenoxy) is 2. The molecule has 4 rings (SSSR count). The van der Waals surface area contributed by atoms with Gasteiger partial charge in [-0.25, -0.2) is 0 Å². The second-order valence-corrected chi connectivity index (χ2v) is 8.20. The molecule has 0 N–H and O–H groups in total. The third-order valence-corrected chi connectivity index (χ3v) is 6.85. The van der Waals surface area contributed by atoms with E-state index in [1.54, 1.807) is 25.5 Å². The Morgan fingerprint density at radius 3 is 2.77 bits per heavy atom. The van der Waals surface area contributed by atoms with Crippen LogP contribution in [-0.4, -0.2) is 24.5 Å². The van der Waals surface area contributed by atoms with Crippen LogP contribution in [0.15, 0.2) is 40.7 Å². The molecule has 0 unspecified atom stereocenters. The minimum absolute atomic E-state index is 0.0485. The highest BCUT2D eigenvalue weighted by Gasteiger charge is 2.67. The Balaban J connectivity index is 1.99. The summed E-state index contributed by atoms with van der Waals surface area (Å²) >= 11 is 0. The smallest absolute Gasteiger partial charge is 0.316 e. The van der Waals surface area contributed by atoms with Gasteiger partial charge in [0.05, 0.1) is 18.9 Å². The number of allylic oxidation sites excluding steroid dienone is 2. The van der Waals surface area contributed by atoms with Crippen molar-refractivity contribution in [2.24, 2.45) is 16.7 Å². The highest BCUT2D eigenvalue weighted by Crippen LogP contribution is 2.64. The van der Waals surface area contributed by atoms with Crippen molar-refractivity contribution in [1.29, 1.82) is 0 Å². The lowest BCUT2D eigenvalue weighted by molar-refractivity contribution is -0.177. The predicted molar refractivity (Wildman–Crippen MR) is 94.8 cm³/mol. The van der Waals surface area contributed by atoms with E-state index in [0.29, 0.717) is 18.1 Å². The van der Waals surface area contributed by atoms with E-state index in [-0.39, 0.29) is 17.6 Å². The van der Waals surface area contributed by atoms with Crippen LogP contribution in [0.1, 0.15) is 45.6 Å². The molecule has 1 saturated carbocycles. The molecule has 0 saturated heterocycles. The second kappa shape index (κ2) is 5.35. The Kier molecular flexibility index (Phi) is 3.52. The predicted octanol–water partition coefficient (Wildman–Crippen LogP) is 3.90. The van der Waals surface area contributed by atoms with Crippen molar-refractivity contribution in [3.05, 3.63) is 41.9 Å². The van der Waals surface area contributed by atoms with Gasteiger partial charge in [-0.05, 0) is 49.5 Å². The van der Waals surface area contributed by atoms with Gasteiger partial charge in [-0.3, -0.25) is 9.59 Å². The molecule has 0 spiro atoms. The Morgan fingerprint density at radius 2 is 2.12 bits per heavy atom. The maximum Gasteiger partial charge on any atom is 0.316 e. The van der Waals surface area contributed by atoms with Crippen LogP contribution in [0.5, 0.6) is 0 Å². The molecule has 3 aliphatic rings. The summed E-state index contributed by atoms with van der Waals surface area (Å²) in [5.74, 6) is 0.573. The number of ketones is 1. The van der Waals surface area contributed by atoms with Gasteiger partial charge in [-0.2, -0.15) is 0 Å². The molecule has 2 bridgehead atoms. The van der Waals surface area contributed by atoms with Gasteiger partial charge in [0.25, 0.3) is 0 Å². The van der Waals surface area contributed by atoms with E-state index in [1.807, 2.05) is 6.07 Å². The van der Waals surface area contributed by atoms with Crippen LogP contribution in [0.4, 0.5) is 0 Å². The molecule has 2 aliphatic carbocycles. The van der Waals surface area contributed by atoms with Gasteiger partial charge < -0.3 is 13.9 Å². The lowest BCUT2D eigenvalue weighted by Gasteiger charge is -2.60. The van der Waals surface area contributed by atoms with E-state index in [9.17, 15) is 9.59 Å². The van der Waals surface area contributed by atoms with Crippen molar-refractivity contribution < 1.29 is 23.5 Å². The topological polar surface area (TPSA) is 65.7 Å². The lowest BCUT2D eigenvalue weighted by atomic mass is 9.48. The third-order valence-electron chi connectivity index (χ3n) is 6.85. The fourth-order valence-electron chi connectivity index (χ4n) is 5.04. The third kappa shape index (κ3) is 1.97. The molecule has 0 aromatic carbocycles. The number of hydrogen-bond donors (Lipinski definition) is 0. The average Bonchev–Trinajstić information content (AvgIpc) is 3.13. The zero-order chi connectivity index (χ0) is 18.7. The van der Waals surface area contributed by atoms with Gasteiger partial charge in [-0.15, -0.1) is 0 Å². The maximum atomic E-state index is 12.8. The monoisotopic (exact) mass is 356 g/mol. The number of furan rings is 1. The van der Waals surface area contributed by atoms with E-state index in [1.165, 1.54) is 7.11 Å². The Hall–Kier alpha value is -2.30. The second-order valence-electron chi connectivity index (χ2n) is 8.20. The molecular weight excluding hydrogens is 332 g/mol. The summed E-state index contributed by atoms with van der Waals surface area (Å²) < 4.78 is 16.9. The van der Waals surface area contributed by atoms with Gasteiger partial charge in [0, 0.05) is 11.8 Å². The van der Waals surface area contributed by atoms with Crippen molar-refractivity contribution in [3.63, 3.8) is 0 Å². The average molecular weight is 356 g/mol. The van der Waals surface area contributed by atoms with Gasteiger partial charge in [0.2, 0.25) is 0 Å². The first kappa shape index (κ1) is 17.1. The molecular formula is C21H24O5. The van der Waals surface area contributed by atoms with E-state index in [4.69, 9.17) is 13.9 Å². The molecule has 1 fully saturated rings. The van der Waals surface area contributed by atoms with E-state index in [0.717, 1.165) is 17.6 Å². The normalized spacial score (nSPS) is 38.6. The van der Waals surface area contributed by atoms with Crippen molar-refractivity contribution >= 4 is 17.5 Å². The van der Waals surface area contributed by atoms with E-state index in [2.05, 4.69) is 19.9 Å². The fourth-order valence-corrected chi connectivity index (χ4v) is 5.04. The molecule has 0 amide bonds. The summed E-state index contributed by atoms with van der Waals surface area (Å²) in [6.45, 7) is 6.13. The van der Waals surface area contributed by atoms with Crippen LogP contribution in [-0.2, 0) is 19.1 Å². The van der Waals surface area contributed by atoms with Crippen LogP contribution >= 0.6 is 0 Å². The summed E-state index contributed by atoms with van der Waals surface area (Å²) in [7, 11) is 1.37. The van der Waals surface area contributed by atoms with Crippen molar-refractivity contribution in [2.45, 2.75) is 45.6 Å². The van der Waals surface area contributed by atoms with Crippen LogP contribution in [0.3, 0.4) is 0 Å². The first-order valence-corrected chi connectivity index (χ1v) is 9.05. The molecule has 0 radical (unpaired) electrons. The zero-order valence-electron chi connectivity index (χ0n) is 15.6. The Morgan fingerprint density at radius 1 is 1.35 bits per heavy atom. The summed E-state index contributed by atoms with van der Waals surface area (Å²) in [5.41, 5.74) is -0.563. The van der Waals surface area contributed by atoms with Crippen LogP contribution < -0.4 is 0 Å². The molecule has 1 aliphatic heterocycles. The van der Waals surface area contributed by atoms with E-state index >= 15 is 0 Å². The van der Waals surface area contributed by atoms with Gasteiger partial charge >= 0.3 is 5.97 Å². The summed E-state index contributed by atoms with van der Waals surface area (Å²) in [5, 5.41) is 0. The highest BCUT2D eigenvalue weighted by molar-refractivity contribution is 5.98. The number of esters is 1. The first-order valence-electron chi connectivity index (χ1n) is 9.05. The van der Waals surface area contributed by atoms with Crippen molar-refractivity contribution in [1.82, 2.24) is 0 Å². The lowest BCUT2D eigenvalue weighted by Crippen LogP contribution is -2.64. The summed E-state index contributed by atoms with van der Waals surface area (Å²) in [6, 6.07) is 1.85. The van der Waals surface area contributed by atoms with Gasteiger partial charge in [0.1, 0.15) is 23.0 Å². The van der Waals surface area contributed by atoms with Crippen LogP contribution in [0.25, 0.3) is 5.76 Å². The number of methoxy groups -OCH3 is 1. The standard InChI is InChI=1S/C21H24O5/c1-13-5-7-21-17(9-15(22)10-20(21,3)18(23)24-4)19(13,2)11-16(26-21)14-6-8-25-12-14/h6,8-9,11-13H,5,7,10H2,1-4H3/t13-,19-,20-,21-/m1/s1. The summed E-state index contributed by atoms with van der Waals surface area (Å²) in [4.78, 5) is 25.4. The summed E-state index contributed by atoms with van der Waals surface area (Å²) in [6.07, 6.45) is 8.71. The highest BCUT2D eigenvalue weighted by atomic mass is 16.5. The number of carbonyl (C=O) groups excluding carboxylic acids is 2. The molecule has 138 valence electrons. The molecule has 5 heteroatoms. The molecule has 1 aromatic rings. The van der Waals surface area contributed by atoms with Crippen molar-refractivity contribution in [3.8, 4) is 0 Å². The van der Waals surface area contributed by atoms with Crippen molar-refractivity contribution in [2.75, 3.05) is 7.11 Å². The maximum absolute atomic E-state index is 12.8. The quantitative estimate of drug-likeness (QED) is 0.752. The van der Waals surface area contributed by atoms with E-state index < -0.39 is 17.0 Å². The SMILES string of the molecule is COC(=O)[C@@]1(C)CC(=O)C=C2[C@]3(C)C=C(c4ccoc4)O[C@]21CC[C@H]3C. The largest absolute Gasteiger partial charge is 0.481 e. The molecule has 4 atom stereocenters. The minimum Gasteiger partial charge on any atom is -0.481 e. The Labute approximate surface area is 153 Å². The number of rotatable bonds is 2. The fraction of sp³-hybridized carbons (Fsp3) is 0.524. The van der Waals surface area contributed by atoms with Crippen LogP contribution in [0.2, 0.25) is 0 Å². The van der Waals surface area contributed by atoms with Crippen LogP contribution in [0, 0.1) is 16.7 Å². The van der Waals surface area contributed by atoms with Gasteiger partial charge in [0.15, 0.2) is 5.78 Å². The first-order chi connectivity index (χ1) is 12.3. The Bertz CT molecular complexity index is 833. The number of hydrogen-bond acceptors (Lipinski definition) is 5. The molecule has 2 heterocycles. The minimum atomic E-state index is -1.06. The molecule has 1 aromatic heterocycles. The zero-order valence-corrected chi connectivity index (χ0v) is 15.6. The van der Waals surface area contributed by atoms with Gasteiger partial charge in [-0.1, -0.05) is 13.8 Å². The molecule has 26 heavy (non-hydrogen) atoms.